The number of nitrogens with one attached hydrogen (secondary N) is 1. The standard InChI is InChI=1S/C18H26N2O3/c1-14(2)20(13-15-7-4-3-5-8-15)18(22)11-17(21)19-12-16-9-6-10-23-16/h3-5,7-8,14,16H,6,9-13H2,1-2H3,(H,19,21). The van der Waals surface area contributed by atoms with E-state index in [4.69, 9.17) is 4.74 Å². The van der Waals surface area contributed by atoms with Crippen LogP contribution in [0.4, 0.5) is 0 Å². The molecule has 1 unspecified atom stereocenters. The number of ether oxygens (including phenoxy) is 1. The summed E-state index contributed by atoms with van der Waals surface area (Å²) < 4.78 is 5.46. The van der Waals surface area contributed by atoms with E-state index in [0.29, 0.717) is 13.1 Å². The largest absolute Gasteiger partial charge is 0.376 e. The van der Waals surface area contributed by atoms with E-state index >= 15 is 0 Å². The van der Waals surface area contributed by atoms with Crippen molar-refractivity contribution in [3.8, 4) is 0 Å². The molecular weight excluding hydrogens is 292 g/mol. The van der Waals surface area contributed by atoms with E-state index in [-0.39, 0.29) is 30.4 Å². The van der Waals surface area contributed by atoms with E-state index in [2.05, 4.69) is 5.32 Å². The Kier molecular flexibility index (Phi) is 6.59. The first-order valence-electron chi connectivity index (χ1n) is 8.28. The van der Waals surface area contributed by atoms with Crippen molar-refractivity contribution < 1.29 is 14.3 Å². The van der Waals surface area contributed by atoms with Gasteiger partial charge in [0.2, 0.25) is 11.8 Å². The second-order valence-corrected chi connectivity index (χ2v) is 6.22. The molecule has 0 bridgehead atoms. The lowest BCUT2D eigenvalue weighted by atomic mass is 10.1. The average Bonchev–Trinajstić information content (AvgIpc) is 3.04. The molecule has 1 aromatic rings. The quantitative estimate of drug-likeness (QED) is 0.783. The zero-order chi connectivity index (χ0) is 16.7. The van der Waals surface area contributed by atoms with E-state index in [1.165, 1.54) is 0 Å². The lowest BCUT2D eigenvalue weighted by Crippen LogP contribution is -2.40. The van der Waals surface area contributed by atoms with Gasteiger partial charge in [-0.1, -0.05) is 30.3 Å². The second-order valence-electron chi connectivity index (χ2n) is 6.22. The summed E-state index contributed by atoms with van der Waals surface area (Å²) in [5.41, 5.74) is 1.06. The van der Waals surface area contributed by atoms with Crippen molar-refractivity contribution in [3.05, 3.63) is 35.9 Å². The highest BCUT2D eigenvalue weighted by molar-refractivity contribution is 5.97. The fourth-order valence-electron chi connectivity index (χ4n) is 2.67. The topological polar surface area (TPSA) is 58.6 Å². The van der Waals surface area contributed by atoms with Crippen LogP contribution in [0.5, 0.6) is 0 Å². The molecule has 0 aliphatic carbocycles. The van der Waals surface area contributed by atoms with Crippen LogP contribution in [0.2, 0.25) is 0 Å². The van der Waals surface area contributed by atoms with Gasteiger partial charge >= 0.3 is 0 Å². The number of rotatable bonds is 7. The maximum atomic E-state index is 12.4. The fraction of sp³-hybridized carbons (Fsp3) is 0.556. The Bertz CT molecular complexity index is 510. The molecule has 1 atom stereocenters. The average molecular weight is 318 g/mol. The number of carbonyl (C=O) groups excluding carboxylic acids is 2. The fourth-order valence-corrected chi connectivity index (χ4v) is 2.67. The molecule has 1 aromatic carbocycles. The highest BCUT2D eigenvalue weighted by Gasteiger charge is 2.21. The van der Waals surface area contributed by atoms with E-state index in [1.807, 2.05) is 44.2 Å². The van der Waals surface area contributed by atoms with Gasteiger partial charge in [0.15, 0.2) is 0 Å². The van der Waals surface area contributed by atoms with Gasteiger partial charge in [0.05, 0.1) is 6.10 Å². The molecule has 1 fully saturated rings. The SMILES string of the molecule is CC(C)N(Cc1ccccc1)C(=O)CC(=O)NCC1CCCO1. The zero-order valence-corrected chi connectivity index (χ0v) is 14.0. The van der Waals surface area contributed by atoms with Crippen molar-refractivity contribution in [1.29, 1.82) is 0 Å². The Balaban J connectivity index is 1.83. The van der Waals surface area contributed by atoms with Gasteiger partial charge in [-0.3, -0.25) is 9.59 Å². The smallest absolute Gasteiger partial charge is 0.232 e. The summed E-state index contributed by atoms with van der Waals surface area (Å²) >= 11 is 0. The number of amides is 2. The van der Waals surface area contributed by atoms with Crippen LogP contribution >= 0.6 is 0 Å². The van der Waals surface area contributed by atoms with Crippen molar-refractivity contribution >= 4 is 11.8 Å². The van der Waals surface area contributed by atoms with Crippen LogP contribution in [0.3, 0.4) is 0 Å². The molecule has 0 spiro atoms. The Morgan fingerprint density at radius 3 is 2.65 bits per heavy atom. The van der Waals surface area contributed by atoms with Gasteiger partial charge in [-0.25, -0.2) is 0 Å². The van der Waals surface area contributed by atoms with Crippen molar-refractivity contribution in [2.45, 2.75) is 51.8 Å². The van der Waals surface area contributed by atoms with Gasteiger partial charge in [0, 0.05) is 25.7 Å². The summed E-state index contributed by atoms with van der Waals surface area (Å²) in [6.07, 6.45) is 2.00. The lowest BCUT2D eigenvalue weighted by Gasteiger charge is -2.27. The monoisotopic (exact) mass is 318 g/mol. The van der Waals surface area contributed by atoms with Gasteiger partial charge in [-0.2, -0.15) is 0 Å². The maximum absolute atomic E-state index is 12.4. The third kappa shape index (κ3) is 5.67. The first kappa shape index (κ1) is 17.5. The van der Waals surface area contributed by atoms with Crippen LogP contribution in [0.15, 0.2) is 30.3 Å². The molecule has 126 valence electrons. The van der Waals surface area contributed by atoms with Crippen molar-refractivity contribution in [3.63, 3.8) is 0 Å². The van der Waals surface area contributed by atoms with Crippen molar-refractivity contribution in [2.24, 2.45) is 0 Å². The summed E-state index contributed by atoms with van der Waals surface area (Å²) in [6.45, 7) is 5.71. The number of carbonyl (C=O) groups is 2. The molecule has 2 amide bonds. The molecule has 1 saturated heterocycles. The summed E-state index contributed by atoms with van der Waals surface area (Å²) in [6, 6.07) is 9.87. The number of benzene rings is 1. The first-order chi connectivity index (χ1) is 11.1. The van der Waals surface area contributed by atoms with Crippen molar-refractivity contribution in [2.75, 3.05) is 13.2 Å². The van der Waals surface area contributed by atoms with Crippen LogP contribution in [0, 0.1) is 0 Å². The van der Waals surface area contributed by atoms with Gasteiger partial charge in [-0.15, -0.1) is 0 Å². The molecule has 0 aromatic heterocycles. The van der Waals surface area contributed by atoms with E-state index in [1.54, 1.807) is 4.90 Å². The molecule has 1 aliphatic heterocycles. The molecule has 5 heteroatoms. The van der Waals surface area contributed by atoms with Gasteiger partial charge in [-0.05, 0) is 32.3 Å². The summed E-state index contributed by atoms with van der Waals surface area (Å²) in [7, 11) is 0. The third-order valence-corrected chi connectivity index (χ3v) is 4.00. The van der Waals surface area contributed by atoms with Crippen LogP contribution in [0.1, 0.15) is 38.7 Å². The Morgan fingerprint density at radius 1 is 1.30 bits per heavy atom. The minimum Gasteiger partial charge on any atom is -0.376 e. The molecular formula is C18H26N2O3. The van der Waals surface area contributed by atoms with E-state index in [0.717, 1.165) is 25.0 Å². The Hall–Kier alpha value is -1.88. The molecule has 2 rings (SSSR count). The van der Waals surface area contributed by atoms with Gasteiger partial charge in [0.1, 0.15) is 6.42 Å². The van der Waals surface area contributed by atoms with Crippen LogP contribution < -0.4 is 5.32 Å². The highest BCUT2D eigenvalue weighted by atomic mass is 16.5. The summed E-state index contributed by atoms with van der Waals surface area (Å²) in [4.78, 5) is 26.1. The normalized spacial score (nSPS) is 17.3. The Labute approximate surface area is 138 Å². The highest BCUT2D eigenvalue weighted by Crippen LogP contribution is 2.12. The van der Waals surface area contributed by atoms with Gasteiger partial charge in [0.25, 0.3) is 0 Å². The molecule has 0 radical (unpaired) electrons. The van der Waals surface area contributed by atoms with Crippen LogP contribution in [0.25, 0.3) is 0 Å². The molecule has 1 heterocycles. The number of nitrogens with zero attached hydrogens (tertiary/aromatic N) is 1. The predicted octanol–water partition coefficient (Wildman–Crippen LogP) is 2.11. The first-order valence-corrected chi connectivity index (χ1v) is 8.28. The second kappa shape index (κ2) is 8.67. The molecule has 1 aliphatic rings. The van der Waals surface area contributed by atoms with Crippen LogP contribution in [-0.4, -0.2) is 42.0 Å². The molecule has 0 saturated carbocycles. The van der Waals surface area contributed by atoms with Crippen molar-refractivity contribution in [1.82, 2.24) is 10.2 Å². The third-order valence-electron chi connectivity index (χ3n) is 4.00. The number of hydrogen-bond acceptors (Lipinski definition) is 3. The summed E-state index contributed by atoms with van der Waals surface area (Å²) in [5.74, 6) is -0.377. The van der Waals surface area contributed by atoms with E-state index < -0.39 is 0 Å². The maximum Gasteiger partial charge on any atom is 0.232 e. The predicted molar refractivity (Wildman–Crippen MR) is 88.7 cm³/mol. The lowest BCUT2D eigenvalue weighted by molar-refractivity contribution is -0.138. The summed E-state index contributed by atoms with van der Waals surface area (Å²) in [5, 5.41) is 2.80. The molecule has 1 N–H and O–H groups in total. The zero-order valence-electron chi connectivity index (χ0n) is 14.0. The minimum absolute atomic E-state index is 0.0497. The Morgan fingerprint density at radius 2 is 2.04 bits per heavy atom. The minimum atomic E-state index is -0.232. The van der Waals surface area contributed by atoms with E-state index in [9.17, 15) is 9.59 Å². The van der Waals surface area contributed by atoms with Crippen LogP contribution in [-0.2, 0) is 20.9 Å². The molecule has 23 heavy (non-hydrogen) atoms. The van der Waals surface area contributed by atoms with Gasteiger partial charge < -0.3 is 15.0 Å². The number of hydrogen-bond donors (Lipinski definition) is 1. The molecule has 5 nitrogen and oxygen atoms in total.